The predicted octanol–water partition coefficient (Wildman–Crippen LogP) is 1.10. The van der Waals surface area contributed by atoms with Crippen LogP contribution < -0.4 is 0 Å². The van der Waals surface area contributed by atoms with E-state index in [4.69, 9.17) is 4.74 Å². The molecule has 0 aliphatic carbocycles. The van der Waals surface area contributed by atoms with Crippen LogP contribution in [-0.4, -0.2) is 23.9 Å². The minimum atomic E-state index is -0.236. The highest BCUT2D eigenvalue weighted by molar-refractivity contribution is 4.79. The molecule has 1 N–H and O–H groups in total. The van der Waals surface area contributed by atoms with E-state index in [2.05, 4.69) is 6.58 Å². The summed E-state index contributed by atoms with van der Waals surface area (Å²) in [5.41, 5.74) is 0. The molecule has 0 aromatic carbocycles. The Hall–Kier alpha value is -0.340. The summed E-state index contributed by atoms with van der Waals surface area (Å²) in [6, 6.07) is 0. The summed E-state index contributed by atoms with van der Waals surface area (Å²) in [4.78, 5) is 0. The Labute approximate surface area is 61.5 Å². The lowest BCUT2D eigenvalue weighted by Crippen LogP contribution is -2.13. The Bertz CT molecular complexity index is 108. The van der Waals surface area contributed by atoms with Crippen molar-refractivity contribution in [1.29, 1.82) is 0 Å². The second-order valence-corrected chi connectivity index (χ2v) is 2.66. The number of aliphatic hydroxyl groups is 1. The van der Waals surface area contributed by atoms with Crippen LogP contribution in [0.1, 0.15) is 19.3 Å². The van der Waals surface area contributed by atoms with Crippen LogP contribution in [0.2, 0.25) is 0 Å². The molecule has 0 radical (unpaired) electrons. The summed E-state index contributed by atoms with van der Waals surface area (Å²) in [6.45, 7) is 4.35. The van der Waals surface area contributed by atoms with Crippen molar-refractivity contribution in [1.82, 2.24) is 0 Å². The van der Waals surface area contributed by atoms with Crippen LogP contribution in [0.3, 0.4) is 0 Å². The van der Waals surface area contributed by atoms with E-state index < -0.39 is 0 Å². The third-order valence-electron chi connectivity index (χ3n) is 1.70. The van der Waals surface area contributed by atoms with E-state index in [0.29, 0.717) is 0 Å². The van der Waals surface area contributed by atoms with E-state index in [0.717, 1.165) is 25.9 Å². The third-order valence-corrected chi connectivity index (χ3v) is 1.70. The molecule has 10 heavy (non-hydrogen) atoms. The highest BCUT2D eigenvalue weighted by Crippen LogP contribution is 2.17. The van der Waals surface area contributed by atoms with Crippen molar-refractivity contribution in [3.05, 3.63) is 12.7 Å². The molecule has 1 heterocycles. The number of allylic oxidation sites excluding steroid dienone is 1. The van der Waals surface area contributed by atoms with Gasteiger partial charge in [0.15, 0.2) is 0 Å². The zero-order chi connectivity index (χ0) is 7.40. The van der Waals surface area contributed by atoms with Gasteiger partial charge in [-0.05, 0) is 19.3 Å². The van der Waals surface area contributed by atoms with Crippen molar-refractivity contribution in [3.63, 3.8) is 0 Å². The molecule has 0 aromatic rings. The summed E-state index contributed by atoms with van der Waals surface area (Å²) in [6.07, 6.45) is 4.63. The maximum Gasteiger partial charge on any atom is 0.107 e. The molecule has 0 saturated carbocycles. The smallest absolute Gasteiger partial charge is 0.107 e. The third kappa shape index (κ3) is 2.50. The van der Waals surface area contributed by atoms with Crippen LogP contribution >= 0.6 is 0 Å². The predicted molar refractivity (Wildman–Crippen MR) is 39.8 cm³/mol. The first kappa shape index (κ1) is 7.76. The van der Waals surface area contributed by atoms with Crippen LogP contribution in [0.25, 0.3) is 0 Å². The molecule has 58 valence electrons. The minimum absolute atomic E-state index is 0.143. The number of epoxide rings is 1. The number of aliphatic hydroxyl groups excluding tert-OH is 1. The fourth-order valence-corrected chi connectivity index (χ4v) is 0.935. The van der Waals surface area contributed by atoms with Gasteiger partial charge in [0.1, 0.15) is 6.10 Å². The number of rotatable bonds is 5. The number of hydrogen-bond acceptors (Lipinski definition) is 2. The van der Waals surface area contributed by atoms with Gasteiger partial charge in [-0.15, -0.1) is 6.58 Å². The Morgan fingerprint density at radius 3 is 3.00 bits per heavy atom. The molecular weight excluding hydrogens is 128 g/mol. The molecule has 0 bridgehead atoms. The summed E-state index contributed by atoms with van der Waals surface area (Å²) in [5, 5.41) is 9.26. The molecule has 1 aliphatic rings. The van der Waals surface area contributed by atoms with Crippen LogP contribution in [0.4, 0.5) is 0 Å². The molecule has 2 heteroatoms. The molecule has 0 aromatic heterocycles. The molecule has 0 amide bonds. The topological polar surface area (TPSA) is 32.8 Å². The van der Waals surface area contributed by atoms with Gasteiger partial charge >= 0.3 is 0 Å². The van der Waals surface area contributed by atoms with E-state index in [1.54, 1.807) is 0 Å². The van der Waals surface area contributed by atoms with E-state index in [1.165, 1.54) is 0 Å². The largest absolute Gasteiger partial charge is 0.390 e. The minimum Gasteiger partial charge on any atom is -0.390 e. The van der Waals surface area contributed by atoms with Gasteiger partial charge in [-0.1, -0.05) is 6.08 Å². The second kappa shape index (κ2) is 3.74. The normalized spacial score (nSPS) is 25.9. The molecule has 2 atom stereocenters. The fraction of sp³-hybridized carbons (Fsp3) is 0.750. The maximum absolute atomic E-state index is 9.26. The van der Waals surface area contributed by atoms with Crippen LogP contribution in [0, 0.1) is 0 Å². The first-order valence-electron chi connectivity index (χ1n) is 3.75. The molecule has 2 nitrogen and oxygen atoms in total. The SMILES string of the molecule is C=CCCCC(O)C1CO1. The average Bonchev–Trinajstić information content (AvgIpc) is 2.69. The Balaban J connectivity index is 1.95. The molecule has 1 rings (SSSR count). The summed E-state index contributed by atoms with van der Waals surface area (Å²) >= 11 is 0. The fourth-order valence-electron chi connectivity index (χ4n) is 0.935. The number of unbranched alkanes of at least 4 members (excludes halogenated alkanes) is 1. The van der Waals surface area contributed by atoms with Gasteiger partial charge in [0.25, 0.3) is 0 Å². The van der Waals surface area contributed by atoms with Crippen LogP contribution in [0.15, 0.2) is 12.7 Å². The standard InChI is InChI=1S/C8H14O2/c1-2-3-4-5-7(9)8-6-10-8/h2,7-9H,1,3-6H2. The van der Waals surface area contributed by atoms with Crippen molar-refractivity contribution < 1.29 is 9.84 Å². The van der Waals surface area contributed by atoms with Crippen LogP contribution in [0.5, 0.6) is 0 Å². The summed E-state index contributed by atoms with van der Waals surface area (Å²) < 4.78 is 4.93. The van der Waals surface area contributed by atoms with Crippen molar-refractivity contribution in [3.8, 4) is 0 Å². The average molecular weight is 142 g/mol. The molecule has 1 fully saturated rings. The molecule has 1 saturated heterocycles. The van der Waals surface area contributed by atoms with Gasteiger partial charge in [-0.3, -0.25) is 0 Å². The highest BCUT2D eigenvalue weighted by Gasteiger charge is 2.30. The van der Waals surface area contributed by atoms with E-state index in [1.807, 2.05) is 6.08 Å². The molecule has 1 aliphatic heterocycles. The van der Waals surface area contributed by atoms with Gasteiger partial charge in [0, 0.05) is 0 Å². The molecule has 2 unspecified atom stereocenters. The van der Waals surface area contributed by atoms with Crippen molar-refractivity contribution >= 4 is 0 Å². The summed E-state index contributed by atoms with van der Waals surface area (Å²) in [5.74, 6) is 0. The van der Waals surface area contributed by atoms with Gasteiger partial charge in [-0.25, -0.2) is 0 Å². The van der Waals surface area contributed by atoms with Gasteiger partial charge in [-0.2, -0.15) is 0 Å². The first-order chi connectivity index (χ1) is 4.84. The molecular formula is C8H14O2. The lowest BCUT2D eigenvalue weighted by atomic mass is 10.1. The quantitative estimate of drug-likeness (QED) is 0.354. The second-order valence-electron chi connectivity index (χ2n) is 2.66. The van der Waals surface area contributed by atoms with Crippen LogP contribution in [-0.2, 0) is 4.74 Å². The highest BCUT2D eigenvalue weighted by atomic mass is 16.6. The van der Waals surface area contributed by atoms with Gasteiger partial charge < -0.3 is 9.84 Å². The van der Waals surface area contributed by atoms with Gasteiger partial charge in [0.2, 0.25) is 0 Å². The maximum atomic E-state index is 9.26. The van der Waals surface area contributed by atoms with Crippen molar-refractivity contribution in [2.75, 3.05) is 6.61 Å². The van der Waals surface area contributed by atoms with E-state index >= 15 is 0 Å². The Morgan fingerprint density at radius 1 is 1.80 bits per heavy atom. The van der Waals surface area contributed by atoms with E-state index in [-0.39, 0.29) is 12.2 Å². The summed E-state index contributed by atoms with van der Waals surface area (Å²) in [7, 11) is 0. The van der Waals surface area contributed by atoms with E-state index in [9.17, 15) is 5.11 Å². The van der Waals surface area contributed by atoms with Crippen molar-refractivity contribution in [2.24, 2.45) is 0 Å². The lowest BCUT2D eigenvalue weighted by Gasteiger charge is -2.03. The first-order valence-corrected chi connectivity index (χ1v) is 3.75. The number of ether oxygens (including phenoxy) is 1. The zero-order valence-electron chi connectivity index (χ0n) is 6.12. The monoisotopic (exact) mass is 142 g/mol. The van der Waals surface area contributed by atoms with Crippen molar-refractivity contribution in [2.45, 2.75) is 31.5 Å². The lowest BCUT2D eigenvalue weighted by molar-refractivity contribution is 0.124. The zero-order valence-corrected chi connectivity index (χ0v) is 6.12. The Kier molecular flexibility index (Phi) is 2.90. The van der Waals surface area contributed by atoms with Gasteiger partial charge in [0.05, 0.1) is 12.7 Å². The Morgan fingerprint density at radius 2 is 2.50 bits per heavy atom. The number of hydrogen-bond donors (Lipinski definition) is 1. The molecule has 0 spiro atoms.